The number of rotatable bonds is 8. The predicted octanol–water partition coefficient (Wildman–Crippen LogP) is 3.07. The summed E-state index contributed by atoms with van der Waals surface area (Å²) in [5.41, 5.74) is 0.291. The minimum absolute atomic E-state index is 0.0178. The Morgan fingerprint density at radius 2 is 1.92 bits per heavy atom. The molecule has 0 saturated carbocycles. The van der Waals surface area contributed by atoms with Gasteiger partial charge in [-0.25, -0.2) is 13.4 Å². The Bertz CT molecular complexity index is 682. The zero-order chi connectivity index (χ0) is 18.3. The van der Waals surface area contributed by atoms with Crippen molar-refractivity contribution in [2.75, 3.05) is 12.7 Å². The summed E-state index contributed by atoms with van der Waals surface area (Å²) in [5, 5.41) is 12.4. The number of nitrogens with one attached hydrogen (secondary N) is 2. The van der Waals surface area contributed by atoms with Gasteiger partial charge in [0.25, 0.3) is 5.91 Å². The highest BCUT2D eigenvalue weighted by molar-refractivity contribution is 7.92. The summed E-state index contributed by atoms with van der Waals surface area (Å²) in [4.78, 5) is 9.86. The molecular formula is C14H16Cl2F2N2O3S. The summed E-state index contributed by atoms with van der Waals surface area (Å²) in [6.07, 6.45) is 1.11. The normalized spacial score (nSPS) is 16.8. The van der Waals surface area contributed by atoms with Crippen LogP contribution in [0.4, 0.5) is 8.78 Å². The van der Waals surface area contributed by atoms with Gasteiger partial charge in [-0.2, -0.15) is 0 Å². The third kappa shape index (κ3) is 5.70. The van der Waals surface area contributed by atoms with Crippen molar-refractivity contribution in [1.29, 1.82) is 4.78 Å². The lowest BCUT2D eigenvalue weighted by molar-refractivity contribution is -0.118. The minimum Gasteiger partial charge on any atom is -0.388 e. The Morgan fingerprint density at radius 1 is 1.33 bits per heavy atom. The highest BCUT2D eigenvalue weighted by atomic mass is 35.5. The van der Waals surface area contributed by atoms with Gasteiger partial charge in [0.05, 0.1) is 12.8 Å². The molecule has 3 atom stereocenters. The fourth-order valence-corrected chi connectivity index (χ4v) is 2.58. The maximum atomic E-state index is 13.1. The van der Waals surface area contributed by atoms with Crippen molar-refractivity contribution in [2.24, 2.45) is 5.92 Å². The molecule has 0 aliphatic carbocycles. The number of aliphatic hydroxyl groups is 1. The number of hydrogen-bond acceptors (Lipinski definition) is 4. The molecule has 0 heterocycles. The Balaban J connectivity index is 2.84. The van der Waals surface area contributed by atoms with Gasteiger partial charge in [0.15, 0.2) is 10.8 Å². The molecule has 0 aromatic heterocycles. The Morgan fingerprint density at radius 3 is 2.38 bits per heavy atom. The van der Waals surface area contributed by atoms with E-state index in [-0.39, 0.29) is 4.90 Å². The van der Waals surface area contributed by atoms with Crippen molar-refractivity contribution in [3.05, 3.63) is 42.1 Å². The maximum Gasteiger partial charge on any atom is 0.257 e. The van der Waals surface area contributed by atoms with Gasteiger partial charge in [-0.05, 0) is 17.7 Å². The van der Waals surface area contributed by atoms with E-state index in [1.165, 1.54) is 30.3 Å². The maximum absolute atomic E-state index is 13.1. The van der Waals surface area contributed by atoms with Gasteiger partial charge in [-0.1, -0.05) is 41.4 Å². The van der Waals surface area contributed by atoms with Crippen molar-refractivity contribution in [3.8, 4) is 0 Å². The predicted molar refractivity (Wildman–Crippen MR) is 88.7 cm³/mol. The third-order valence-electron chi connectivity index (χ3n) is 3.11. The molecule has 10 heteroatoms. The van der Waals surface area contributed by atoms with Crippen molar-refractivity contribution >= 4 is 38.8 Å². The first-order valence-corrected chi connectivity index (χ1v) is 9.24. The fourth-order valence-electron chi connectivity index (χ4n) is 1.75. The number of alkyl halides is 4. The first-order chi connectivity index (χ1) is 11.2. The molecule has 2 unspecified atom stereocenters. The number of amides is 1. The molecule has 5 nitrogen and oxygen atoms in total. The van der Waals surface area contributed by atoms with Crippen molar-refractivity contribution in [1.82, 2.24) is 5.32 Å². The highest BCUT2D eigenvalue weighted by Gasteiger charge is 2.20. The van der Waals surface area contributed by atoms with Crippen LogP contribution in [0.1, 0.15) is 11.7 Å². The number of benzene rings is 1. The summed E-state index contributed by atoms with van der Waals surface area (Å²) in [7, 11) is -3.51. The summed E-state index contributed by atoms with van der Waals surface area (Å²) in [5.74, 6) is -1.66. The van der Waals surface area contributed by atoms with E-state index < -0.39 is 45.2 Å². The zero-order valence-corrected chi connectivity index (χ0v) is 14.6. The van der Waals surface area contributed by atoms with Crippen LogP contribution in [0.3, 0.4) is 0 Å². The largest absolute Gasteiger partial charge is 0.388 e. The summed E-state index contributed by atoms with van der Waals surface area (Å²) < 4.78 is 44.6. The average molecular weight is 401 g/mol. The standard InChI is InChI=1S/C14H16Cl2F2N2O3S/c15-13(16)14(22)20-6-5-10(7-17)12(21)9-1-3-11(4-2-9)24(19,23)8-18/h1-6,10,12-13,19,21H,7-8H2,(H,20,22)/b6-5+/t10?,12-,24?/m1/s1. The summed E-state index contributed by atoms with van der Waals surface area (Å²) in [6.45, 7) is -0.917. The molecule has 0 aliphatic heterocycles. The molecule has 24 heavy (non-hydrogen) atoms. The molecule has 0 radical (unpaired) electrons. The molecule has 3 N–H and O–H groups in total. The Hall–Kier alpha value is -1.22. The molecular weight excluding hydrogens is 385 g/mol. The van der Waals surface area contributed by atoms with Gasteiger partial charge in [-0.3, -0.25) is 9.18 Å². The molecule has 0 bridgehead atoms. The van der Waals surface area contributed by atoms with Crippen molar-refractivity contribution in [2.45, 2.75) is 15.8 Å². The Labute approximate surface area is 148 Å². The lowest BCUT2D eigenvalue weighted by Crippen LogP contribution is -2.24. The van der Waals surface area contributed by atoms with E-state index in [9.17, 15) is 22.9 Å². The number of halogens is 4. The third-order valence-corrected chi connectivity index (χ3v) is 4.84. The first kappa shape index (κ1) is 20.8. The van der Waals surface area contributed by atoms with Crippen LogP contribution in [-0.2, 0) is 14.5 Å². The van der Waals surface area contributed by atoms with E-state index in [4.69, 9.17) is 28.0 Å². The molecule has 0 saturated heterocycles. The van der Waals surface area contributed by atoms with Crippen LogP contribution < -0.4 is 5.32 Å². The first-order valence-electron chi connectivity index (χ1n) is 6.64. The van der Waals surface area contributed by atoms with E-state index in [0.717, 1.165) is 6.20 Å². The van der Waals surface area contributed by atoms with Crippen LogP contribution in [0.15, 0.2) is 41.4 Å². The number of carbonyl (C=O) groups excluding carboxylic acids is 1. The van der Waals surface area contributed by atoms with Gasteiger partial charge in [0.1, 0.15) is 9.73 Å². The van der Waals surface area contributed by atoms with E-state index in [1.54, 1.807) is 0 Å². The Kier molecular flexibility index (Phi) is 8.08. The molecule has 134 valence electrons. The van der Waals surface area contributed by atoms with Gasteiger partial charge >= 0.3 is 0 Å². The van der Waals surface area contributed by atoms with Crippen molar-refractivity contribution < 1.29 is 22.9 Å². The van der Waals surface area contributed by atoms with Crippen LogP contribution in [-0.4, -0.2) is 32.7 Å². The van der Waals surface area contributed by atoms with E-state index in [0.29, 0.717) is 5.56 Å². The topological polar surface area (TPSA) is 90.2 Å². The van der Waals surface area contributed by atoms with Crippen LogP contribution >= 0.6 is 23.2 Å². The number of carbonyl (C=O) groups is 1. The lowest BCUT2D eigenvalue weighted by Gasteiger charge is -2.18. The zero-order valence-electron chi connectivity index (χ0n) is 12.3. The SMILES string of the molecule is N=S(=O)(CF)c1ccc([C@@H](O)C(/C=C/NC(=O)C(Cl)Cl)CF)cc1. The number of aliphatic hydroxyl groups excluding tert-OH is 1. The van der Waals surface area contributed by atoms with Crippen LogP contribution in [0, 0.1) is 10.7 Å². The second kappa shape index (κ2) is 9.31. The molecule has 0 spiro atoms. The van der Waals surface area contributed by atoms with Crippen molar-refractivity contribution in [3.63, 3.8) is 0 Å². The highest BCUT2D eigenvalue weighted by Crippen LogP contribution is 2.25. The molecule has 0 aliphatic rings. The molecule has 0 fully saturated rings. The minimum atomic E-state index is -3.51. The average Bonchev–Trinajstić information content (AvgIpc) is 2.58. The van der Waals surface area contributed by atoms with Crippen LogP contribution in [0.5, 0.6) is 0 Å². The quantitative estimate of drug-likeness (QED) is 0.585. The van der Waals surface area contributed by atoms with Gasteiger partial charge in [-0.15, -0.1) is 0 Å². The number of hydrogen-bond donors (Lipinski definition) is 3. The second-order valence-electron chi connectivity index (χ2n) is 4.78. The lowest BCUT2D eigenvalue weighted by atomic mass is 9.97. The van der Waals surface area contributed by atoms with E-state index >= 15 is 0 Å². The monoisotopic (exact) mass is 400 g/mol. The molecule has 1 aromatic rings. The summed E-state index contributed by atoms with van der Waals surface area (Å²) >= 11 is 10.7. The molecule has 1 rings (SSSR count). The smallest absolute Gasteiger partial charge is 0.257 e. The van der Waals surface area contributed by atoms with E-state index in [1.807, 2.05) is 0 Å². The van der Waals surface area contributed by atoms with Gasteiger partial charge in [0, 0.05) is 17.0 Å². The van der Waals surface area contributed by atoms with Crippen LogP contribution in [0.2, 0.25) is 0 Å². The fraction of sp³-hybridized carbons (Fsp3) is 0.357. The molecule has 1 amide bonds. The van der Waals surface area contributed by atoms with E-state index in [2.05, 4.69) is 5.32 Å². The summed E-state index contributed by atoms with van der Waals surface area (Å²) in [6, 6.07) is 3.87. The van der Waals surface area contributed by atoms with Gasteiger partial charge < -0.3 is 10.4 Å². The second-order valence-corrected chi connectivity index (χ2v) is 7.92. The molecule has 1 aromatic carbocycles. The van der Waals surface area contributed by atoms with Crippen LogP contribution in [0.25, 0.3) is 0 Å². The van der Waals surface area contributed by atoms with Gasteiger partial charge in [0.2, 0.25) is 0 Å².